The molecule has 7 heteroatoms. The monoisotopic (exact) mass is 483 g/mol. The van der Waals surface area contributed by atoms with Gasteiger partial charge in [-0.3, -0.25) is 9.69 Å². The van der Waals surface area contributed by atoms with Gasteiger partial charge in [0.2, 0.25) is 5.91 Å². The van der Waals surface area contributed by atoms with Crippen molar-refractivity contribution in [2.75, 3.05) is 18.4 Å². The summed E-state index contributed by atoms with van der Waals surface area (Å²) in [5, 5.41) is 5.19. The number of hydrogen-bond acceptors (Lipinski definition) is 5. The maximum Gasteiger partial charge on any atom is 0.229 e. The van der Waals surface area contributed by atoms with Crippen molar-refractivity contribution >= 4 is 56.2 Å². The molecule has 1 aliphatic heterocycles. The van der Waals surface area contributed by atoms with Crippen LogP contribution in [0.3, 0.4) is 0 Å². The lowest BCUT2D eigenvalue weighted by atomic mass is 10.0. The lowest BCUT2D eigenvalue weighted by Crippen LogP contribution is -2.29. The topological polar surface area (TPSA) is 45.2 Å². The number of benzene rings is 2. The van der Waals surface area contributed by atoms with Crippen LogP contribution in [-0.4, -0.2) is 28.9 Å². The average molecular weight is 484 g/mol. The summed E-state index contributed by atoms with van der Waals surface area (Å²) in [4.78, 5) is 21.7. The van der Waals surface area contributed by atoms with E-state index < -0.39 is 0 Å². The number of aromatic nitrogens is 1. The Kier molecular flexibility index (Phi) is 6.96. The smallest absolute Gasteiger partial charge is 0.229 e. The number of thiazole rings is 1. The molecule has 0 radical (unpaired) electrons. The molecule has 0 spiro atoms. The maximum atomic E-state index is 13.0. The van der Waals surface area contributed by atoms with Gasteiger partial charge in [-0.15, -0.1) is 35.1 Å². The molecule has 0 aliphatic carbocycles. The van der Waals surface area contributed by atoms with E-state index in [1.165, 1.54) is 20.7 Å². The van der Waals surface area contributed by atoms with Crippen molar-refractivity contribution in [3.63, 3.8) is 0 Å². The summed E-state index contributed by atoms with van der Waals surface area (Å²) in [6.07, 6.45) is 1.38. The van der Waals surface area contributed by atoms with Crippen molar-refractivity contribution in [1.82, 2.24) is 9.88 Å². The second-order valence-electron chi connectivity index (χ2n) is 8.03. The van der Waals surface area contributed by atoms with Crippen LogP contribution in [0.5, 0.6) is 0 Å². The minimum Gasteiger partial charge on any atom is -0.317 e. The highest BCUT2D eigenvalue weighted by molar-refractivity contribution is 7.22. The summed E-state index contributed by atoms with van der Waals surface area (Å²) in [5.74, 6) is 0.0268. The number of amides is 1. The summed E-state index contributed by atoms with van der Waals surface area (Å²) in [7, 11) is 0. The molecular formula is C25H26ClN3OS2. The molecule has 0 saturated carbocycles. The molecule has 0 atom stereocenters. The van der Waals surface area contributed by atoms with E-state index in [1.807, 2.05) is 18.2 Å². The van der Waals surface area contributed by atoms with Crippen LogP contribution in [0.2, 0.25) is 0 Å². The lowest BCUT2D eigenvalue weighted by molar-refractivity contribution is -0.115. The SMILES string of the molecule is CCN1CCc2c(sc(NC(=O)Cc3cccc(C)c3)c2-c2nc3ccccc3s2)C1.Cl. The van der Waals surface area contributed by atoms with Gasteiger partial charge in [-0.05, 0) is 43.1 Å². The molecule has 4 aromatic rings. The van der Waals surface area contributed by atoms with Crippen molar-refractivity contribution in [3.8, 4) is 10.6 Å². The minimum absolute atomic E-state index is 0. The summed E-state index contributed by atoms with van der Waals surface area (Å²) in [6.45, 7) is 7.30. The van der Waals surface area contributed by atoms with Crippen molar-refractivity contribution in [2.24, 2.45) is 0 Å². The van der Waals surface area contributed by atoms with Gasteiger partial charge >= 0.3 is 0 Å². The van der Waals surface area contributed by atoms with Crippen LogP contribution in [0.25, 0.3) is 20.8 Å². The van der Waals surface area contributed by atoms with Crippen molar-refractivity contribution in [3.05, 3.63) is 70.1 Å². The second kappa shape index (κ2) is 9.71. The molecule has 2 aromatic heterocycles. The number of hydrogen-bond donors (Lipinski definition) is 1. The molecule has 2 aromatic carbocycles. The van der Waals surface area contributed by atoms with E-state index in [4.69, 9.17) is 4.98 Å². The number of aryl methyl sites for hydroxylation is 1. The summed E-state index contributed by atoms with van der Waals surface area (Å²) in [5.41, 5.74) is 5.73. The van der Waals surface area contributed by atoms with Gasteiger partial charge in [0.05, 0.1) is 16.6 Å². The number of anilines is 1. The van der Waals surface area contributed by atoms with Crippen molar-refractivity contribution in [2.45, 2.75) is 33.2 Å². The second-order valence-corrected chi connectivity index (χ2v) is 10.2. The van der Waals surface area contributed by atoms with E-state index in [0.29, 0.717) is 6.42 Å². The van der Waals surface area contributed by atoms with E-state index >= 15 is 0 Å². The number of nitrogens with one attached hydrogen (secondary N) is 1. The lowest BCUT2D eigenvalue weighted by Gasteiger charge is -2.25. The third-order valence-corrected chi connectivity index (χ3v) is 7.98. The molecule has 0 fully saturated rings. The fraction of sp³-hybridized carbons (Fsp3) is 0.280. The Balaban J connectivity index is 0.00000245. The number of nitrogens with zero attached hydrogens (tertiary/aromatic N) is 2. The number of fused-ring (bicyclic) bond motifs is 2. The van der Waals surface area contributed by atoms with Crippen LogP contribution in [-0.2, 0) is 24.2 Å². The first kappa shape index (κ1) is 22.9. The van der Waals surface area contributed by atoms with Gasteiger partial charge in [-0.25, -0.2) is 4.98 Å². The molecule has 1 N–H and O–H groups in total. The number of carbonyl (C=O) groups is 1. The summed E-state index contributed by atoms with van der Waals surface area (Å²) >= 11 is 3.43. The highest BCUT2D eigenvalue weighted by Crippen LogP contribution is 2.45. The molecule has 32 heavy (non-hydrogen) atoms. The van der Waals surface area contributed by atoms with Crippen LogP contribution in [0.4, 0.5) is 5.00 Å². The number of likely N-dealkylation sites (N-methyl/N-ethyl adjacent to an activating group) is 1. The molecule has 0 unspecified atom stereocenters. The third-order valence-electron chi connectivity index (χ3n) is 5.79. The van der Waals surface area contributed by atoms with E-state index in [9.17, 15) is 4.79 Å². The van der Waals surface area contributed by atoms with Gasteiger partial charge < -0.3 is 5.32 Å². The molecule has 1 aliphatic rings. The van der Waals surface area contributed by atoms with E-state index in [0.717, 1.165) is 52.7 Å². The predicted molar refractivity (Wildman–Crippen MR) is 138 cm³/mol. The van der Waals surface area contributed by atoms with Crippen molar-refractivity contribution < 1.29 is 4.79 Å². The first-order valence-corrected chi connectivity index (χ1v) is 12.3. The number of para-hydroxylation sites is 1. The van der Waals surface area contributed by atoms with Crippen LogP contribution in [0, 0.1) is 6.92 Å². The number of halogens is 1. The molecule has 3 heterocycles. The highest BCUT2D eigenvalue weighted by Gasteiger charge is 2.27. The van der Waals surface area contributed by atoms with Gasteiger partial charge in [-0.1, -0.05) is 48.9 Å². The van der Waals surface area contributed by atoms with Crippen LogP contribution < -0.4 is 5.32 Å². The predicted octanol–water partition coefficient (Wildman–Crippen LogP) is 6.31. The zero-order chi connectivity index (χ0) is 21.4. The minimum atomic E-state index is 0. The van der Waals surface area contributed by atoms with E-state index in [2.05, 4.69) is 54.4 Å². The van der Waals surface area contributed by atoms with Gasteiger partial charge in [-0.2, -0.15) is 0 Å². The van der Waals surface area contributed by atoms with Gasteiger partial charge in [0.1, 0.15) is 10.0 Å². The Morgan fingerprint density at radius 2 is 2.00 bits per heavy atom. The molecule has 0 saturated heterocycles. The zero-order valence-corrected chi connectivity index (χ0v) is 20.6. The molecule has 166 valence electrons. The summed E-state index contributed by atoms with van der Waals surface area (Å²) in [6, 6.07) is 16.4. The summed E-state index contributed by atoms with van der Waals surface area (Å²) < 4.78 is 1.18. The zero-order valence-electron chi connectivity index (χ0n) is 18.2. The molecule has 5 rings (SSSR count). The first-order valence-electron chi connectivity index (χ1n) is 10.7. The van der Waals surface area contributed by atoms with Gasteiger partial charge in [0.15, 0.2) is 0 Å². The third kappa shape index (κ3) is 4.59. The average Bonchev–Trinajstić information content (AvgIpc) is 3.33. The van der Waals surface area contributed by atoms with Crippen LogP contribution in [0.15, 0.2) is 48.5 Å². The normalized spacial score (nSPS) is 13.6. The van der Waals surface area contributed by atoms with Gasteiger partial charge in [0.25, 0.3) is 0 Å². The quantitative estimate of drug-likeness (QED) is 0.361. The first-order chi connectivity index (χ1) is 15.1. The standard InChI is InChI=1S/C25H25N3OS2.ClH/c1-3-28-12-11-18-21(15-28)31-25(27-22(29)14-17-8-6-7-16(2)13-17)23(18)24-26-19-9-4-5-10-20(19)30-24;/h4-10,13H,3,11-12,14-15H2,1-2H3,(H,27,29);1H. The highest BCUT2D eigenvalue weighted by atomic mass is 35.5. The van der Waals surface area contributed by atoms with Crippen LogP contribution in [0.1, 0.15) is 28.5 Å². The molecular weight excluding hydrogens is 458 g/mol. The van der Waals surface area contributed by atoms with Crippen molar-refractivity contribution in [1.29, 1.82) is 0 Å². The molecule has 0 bridgehead atoms. The maximum absolute atomic E-state index is 13.0. The largest absolute Gasteiger partial charge is 0.317 e. The number of rotatable bonds is 5. The van der Waals surface area contributed by atoms with Gasteiger partial charge in [0, 0.05) is 23.5 Å². The Morgan fingerprint density at radius 3 is 2.78 bits per heavy atom. The Hall–Kier alpha value is -2.25. The Labute approximate surface area is 202 Å². The molecule has 1 amide bonds. The van der Waals surface area contributed by atoms with E-state index in [1.54, 1.807) is 22.7 Å². The number of carbonyl (C=O) groups excluding carboxylic acids is 1. The van der Waals surface area contributed by atoms with Crippen LogP contribution >= 0.6 is 35.1 Å². The van der Waals surface area contributed by atoms with E-state index in [-0.39, 0.29) is 18.3 Å². The molecule has 4 nitrogen and oxygen atoms in total. The Morgan fingerprint density at radius 1 is 1.16 bits per heavy atom. The fourth-order valence-corrected chi connectivity index (χ4v) is 6.61. The Bertz CT molecular complexity index is 1230. The fourth-order valence-electron chi connectivity index (χ4n) is 4.20. The number of thiophene rings is 1.